The molecule has 0 bridgehead atoms. The summed E-state index contributed by atoms with van der Waals surface area (Å²) < 4.78 is 0. The van der Waals surface area contributed by atoms with E-state index in [1.54, 1.807) is 29.2 Å². The minimum absolute atomic E-state index is 0.0416. The molecular formula is C23H25N3O2. The van der Waals surface area contributed by atoms with E-state index in [4.69, 9.17) is 0 Å². The molecule has 0 aliphatic rings. The normalized spacial score (nSPS) is 10.7. The molecule has 28 heavy (non-hydrogen) atoms. The van der Waals surface area contributed by atoms with Crippen LogP contribution in [0.25, 0.3) is 10.9 Å². The first-order valence-electron chi connectivity index (χ1n) is 9.51. The topological polar surface area (TPSA) is 62.3 Å². The number of nitrogens with zero attached hydrogens (tertiary/aromatic N) is 2. The second kappa shape index (κ2) is 8.21. The van der Waals surface area contributed by atoms with E-state index in [1.807, 2.05) is 52.0 Å². The predicted octanol–water partition coefficient (Wildman–Crippen LogP) is 4.59. The van der Waals surface area contributed by atoms with Crippen molar-refractivity contribution in [2.45, 2.75) is 27.7 Å². The zero-order valence-corrected chi connectivity index (χ0v) is 16.7. The number of rotatable bonds is 5. The molecule has 5 heteroatoms. The Hall–Kier alpha value is -3.21. The first kappa shape index (κ1) is 19.5. The van der Waals surface area contributed by atoms with Crippen LogP contribution in [0, 0.1) is 13.8 Å². The molecule has 144 valence electrons. The maximum atomic E-state index is 12.8. The van der Waals surface area contributed by atoms with Crippen molar-refractivity contribution in [2.24, 2.45) is 0 Å². The van der Waals surface area contributed by atoms with Gasteiger partial charge in [0, 0.05) is 29.7 Å². The van der Waals surface area contributed by atoms with Gasteiger partial charge in [-0.25, -0.2) is 0 Å². The van der Waals surface area contributed by atoms with Gasteiger partial charge in [-0.1, -0.05) is 18.2 Å². The Morgan fingerprint density at radius 3 is 2.46 bits per heavy atom. The molecule has 0 unspecified atom stereocenters. The van der Waals surface area contributed by atoms with Crippen molar-refractivity contribution >= 4 is 28.4 Å². The summed E-state index contributed by atoms with van der Waals surface area (Å²) in [7, 11) is 0. The molecule has 0 saturated carbocycles. The minimum Gasteiger partial charge on any atom is -0.339 e. The molecular weight excluding hydrogens is 350 g/mol. The van der Waals surface area contributed by atoms with Gasteiger partial charge in [0.05, 0.1) is 16.8 Å². The highest BCUT2D eigenvalue weighted by Gasteiger charge is 2.15. The third-order valence-electron chi connectivity index (χ3n) is 4.83. The number of carbonyl (C=O) groups is 2. The van der Waals surface area contributed by atoms with Crippen LogP contribution in [0.4, 0.5) is 5.69 Å². The molecule has 0 radical (unpaired) electrons. The van der Waals surface area contributed by atoms with Crippen LogP contribution < -0.4 is 5.32 Å². The van der Waals surface area contributed by atoms with Gasteiger partial charge in [-0.15, -0.1) is 0 Å². The fourth-order valence-electron chi connectivity index (χ4n) is 3.23. The van der Waals surface area contributed by atoms with E-state index in [1.165, 1.54) is 0 Å². The smallest absolute Gasteiger partial charge is 0.257 e. The Morgan fingerprint density at radius 2 is 1.75 bits per heavy atom. The third-order valence-corrected chi connectivity index (χ3v) is 4.83. The number of anilines is 1. The monoisotopic (exact) mass is 375 g/mol. The molecule has 2 amide bonds. The predicted molar refractivity (Wildman–Crippen MR) is 113 cm³/mol. The van der Waals surface area contributed by atoms with E-state index in [0.29, 0.717) is 35.6 Å². The van der Waals surface area contributed by atoms with Gasteiger partial charge in [-0.3, -0.25) is 14.6 Å². The lowest BCUT2D eigenvalue weighted by molar-refractivity contribution is 0.0772. The minimum atomic E-state index is -0.236. The fourth-order valence-corrected chi connectivity index (χ4v) is 3.23. The summed E-state index contributed by atoms with van der Waals surface area (Å²) in [6.45, 7) is 9.04. The summed E-state index contributed by atoms with van der Waals surface area (Å²) in [4.78, 5) is 31.7. The van der Waals surface area contributed by atoms with Crippen LogP contribution in [0.15, 0.2) is 48.5 Å². The van der Waals surface area contributed by atoms with Gasteiger partial charge < -0.3 is 10.2 Å². The molecule has 2 aromatic carbocycles. The van der Waals surface area contributed by atoms with Crippen molar-refractivity contribution in [3.05, 3.63) is 70.9 Å². The molecule has 0 spiro atoms. The summed E-state index contributed by atoms with van der Waals surface area (Å²) >= 11 is 0. The van der Waals surface area contributed by atoms with E-state index >= 15 is 0 Å². The molecule has 0 aliphatic carbocycles. The van der Waals surface area contributed by atoms with E-state index < -0.39 is 0 Å². The highest BCUT2D eigenvalue weighted by atomic mass is 16.2. The third kappa shape index (κ3) is 4.03. The van der Waals surface area contributed by atoms with E-state index in [9.17, 15) is 9.59 Å². The molecule has 0 saturated heterocycles. The lowest BCUT2D eigenvalue weighted by Crippen LogP contribution is -2.30. The molecule has 3 rings (SSSR count). The number of aryl methyl sites for hydroxylation is 2. The maximum Gasteiger partial charge on any atom is 0.257 e. The lowest BCUT2D eigenvalue weighted by Gasteiger charge is -2.19. The highest BCUT2D eigenvalue weighted by Crippen LogP contribution is 2.20. The van der Waals surface area contributed by atoms with Crippen LogP contribution in [0.1, 0.15) is 45.8 Å². The van der Waals surface area contributed by atoms with Gasteiger partial charge >= 0.3 is 0 Å². The Bertz CT molecular complexity index is 1040. The molecule has 1 aromatic heterocycles. The Morgan fingerprint density at radius 1 is 1.00 bits per heavy atom. The van der Waals surface area contributed by atoms with E-state index in [-0.39, 0.29) is 11.8 Å². The molecule has 1 heterocycles. The quantitative estimate of drug-likeness (QED) is 0.710. The summed E-state index contributed by atoms with van der Waals surface area (Å²) in [5, 5.41) is 3.82. The van der Waals surface area contributed by atoms with Gasteiger partial charge in [0.15, 0.2) is 0 Å². The van der Waals surface area contributed by atoms with Crippen molar-refractivity contribution in [3.8, 4) is 0 Å². The highest BCUT2D eigenvalue weighted by molar-refractivity contribution is 6.07. The Kier molecular flexibility index (Phi) is 5.73. The lowest BCUT2D eigenvalue weighted by atomic mass is 10.1. The number of pyridine rings is 1. The number of benzene rings is 2. The summed E-state index contributed by atoms with van der Waals surface area (Å²) in [5.74, 6) is -0.278. The zero-order valence-electron chi connectivity index (χ0n) is 16.7. The molecule has 0 aliphatic heterocycles. The molecule has 0 fully saturated rings. The maximum absolute atomic E-state index is 12.8. The van der Waals surface area contributed by atoms with Crippen LogP contribution in [0.3, 0.4) is 0 Å². The van der Waals surface area contributed by atoms with Gasteiger partial charge in [-0.05, 0) is 63.6 Å². The van der Waals surface area contributed by atoms with Crippen LogP contribution in [-0.2, 0) is 0 Å². The molecule has 3 aromatic rings. The Balaban J connectivity index is 1.86. The Labute approximate surface area is 165 Å². The van der Waals surface area contributed by atoms with Crippen LogP contribution in [0.2, 0.25) is 0 Å². The van der Waals surface area contributed by atoms with Crippen molar-refractivity contribution < 1.29 is 9.59 Å². The molecule has 1 N–H and O–H groups in total. The van der Waals surface area contributed by atoms with Crippen LogP contribution in [0.5, 0.6) is 0 Å². The van der Waals surface area contributed by atoms with Crippen molar-refractivity contribution in [1.82, 2.24) is 9.88 Å². The van der Waals surface area contributed by atoms with Gasteiger partial charge in [-0.2, -0.15) is 0 Å². The fraction of sp³-hybridized carbons (Fsp3) is 0.261. The largest absolute Gasteiger partial charge is 0.339 e. The zero-order chi connectivity index (χ0) is 20.3. The summed E-state index contributed by atoms with van der Waals surface area (Å²) in [6.07, 6.45) is 0. The van der Waals surface area contributed by atoms with E-state index in [2.05, 4.69) is 10.3 Å². The van der Waals surface area contributed by atoms with E-state index in [0.717, 1.165) is 16.5 Å². The number of fused-ring (bicyclic) bond motifs is 1. The van der Waals surface area contributed by atoms with Crippen molar-refractivity contribution in [2.75, 3.05) is 18.4 Å². The standard InChI is InChI=1S/C23H25N3O2/c1-5-26(6-2)23(28)18-8-7-9-19(13-18)25-22(27)20-14-17-11-10-15(3)12-21(17)24-16(20)4/h7-14H,5-6H2,1-4H3,(H,25,27). The first-order chi connectivity index (χ1) is 13.4. The number of hydrogen-bond donors (Lipinski definition) is 1. The summed E-state index contributed by atoms with van der Waals surface area (Å²) in [6, 6.07) is 14.9. The number of amides is 2. The number of aromatic nitrogens is 1. The summed E-state index contributed by atoms with van der Waals surface area (Å²) in [5.41, 5.74) is 4.35. The van der Waals surface area contributed by atoms with Crippen LogP contribution in [-0.4, -0.2) is 34.8 Å². The van der Waals surface area contributed by atoms with Crippen LogP contribution >= 0.6 is 0 Å². The average Bonchev–Trinajstić information content (AvgIpc) is 2.68. The average molecular weight is 375 g/mol. The number of nitrogens with one attached hydrogen (secondary N) is 1. The molecule has 0 atom stereocenters. The SMILES string of the molecule is CCN(CC)C(=O)c1cccc(NC(=O)c2cc3ccc(C)cc3nc2C)c1. The number of carbonyl (C=O) groups excluding carboxylic acids is 2. The van der Waals surface area contributed by atoms with Crippen molar-refractivity contribution in [1.29, 1.82) is 0 Å². The number of hydrogen-bond acceptors (Lipinski definition) is 3. The molecule has 5 nitrogen and oxygen atoms in total. The van der Waals surface area contributed by atoms with Crippen molar-refractivity contribution in [3.63, 3.8) is 0 Å². The van der Waals surface area contributed by atoms with Gasteiger partial charge in [0.2, 0.25) is 0 Å². The second-order valence-corrected chi connectivity index (χ2v) is 6.83. The second-order valence-electron chi connectivity index (χ2n) is 6.83. The van der Waals surface area contributed by atoms with Gasteiger partial charge in [0.1, 0.15) is 0 Å². The van der Waals surface area contributed by atoms with Gasteiger partial charge in [0.25, 0.3) is 11.8 Å². The first-order valence-corrected chi connectivity index (χ1v) is 9.51.